The van der Waals surface area contributed by atoms with Gasteiger partial charge in [-0.2, -0.15) is 0 Å². The van der Waals surface area contributed by atoms with Crippen molar-refractivity contribution in [1.29, 1.82) is 0 Å². The fourth-order valence-corrected chi connectivity index (χ4v) is 4.15. The summed E-state index contributed by atoms with van der Waals surface area (Å²) in [4.78, 5) is 11.8. The number of carbonyl (C=O) groups excluding carboxylic acids is 1. The minimum atomic E-state index is 0.110. The molecule has 0 radical (unpaired) electrons. The molecule has 4 heteroatoms. The number of fused-ring (bicyclic) bond motifs is 3. The average molecular weight is 313 g/mol. The van der Waals surface area contributed by atoms with Crippen LogP contribution in [0.1, 0.15) is 41.5 Å². The maximum atomic E-state index is 11.8. The third-order valence-electron chi connectivity index (χ3n) is 4.93. The second-order valence-corrected chi connectivity index (χ2v) is 6.54. The first-order chi connectivity index (χ1) is 10.6. The Morgan fingerprint density at radius 3 is 2.68 bits per heavy atom. The molecule has 0 bridgehead atoms. The van der Waals surface area contributed by atoms with Gasteiger partial charge < -0.3 is 11.1 Å². The van der Waals surface area contributed by atoms with Crippen molar-refractivity contribution >= 4 is 23.2 Å². The topological polar surface area (TPSA) is 55.1 Å². The van der Waals surface area contributed by atoms with Crippen LogP contribution in [0.2, 0.25) is 5.02 Å². The molecule has 3 N–H and O–H groups in total. The van der Waals surface area contributed by atoms with Gasteiger partial charge in [-0.05, 0) is 41.2 Å². The summed E-state index contributed by atoms with van der Waals surface area (Å²) >= 11 is 6.22. The van der Waals surface area contributed by atoms with E-state index in [0.717, 1.165) is 6.42 Å². The summed E-state index contributed by atoms with van der Waals surface area (Å²) in [7, 11) is 0. The van der Waals surface area contributed by atoms with Crippen LogP contribution < -0.4 is 11.1 Å². The van der Waals surface area contributed by atoms with Gasteiger partial charge in [0, 0.05) is 12.3 Å². The summed E-state index contributed by atoms with van der Waals surface area (Å²) in [5.41, 5.74) is 10.1. The molecule has 0 aromatic heterocycles. The van der Waals surface area contributed by atoms with Gasteiger partial charge in [0.25, 0.3) is 0 Å². The van der Waals surface area contributed by atoms with Crippen molar-refractivity contribution in [3.63, 3.8) is 0 Å². The van der Waals surface area contributed by atoms with Gasteiger partial charge in [0.1, 0.15) is 0 Å². The van der Waals surface area contributed by atoms with E-state index < -0.39 is 0 Å². The molecule has 1 heterocycles. The van der Waals surface area contributed by atoms with Crippen molar-refractivity contribution in [3.8, 4) is 0 Å². The molecule has 3 nitrogen and oxygen atoms in total. The molecule has 2 aliphatic rings. The Morgan fingerprint density at radius 1 is 1.14 bits per heavy atom. The third-order valence-corrected chi connectivity index (χ3v) is 5.25. The molecule has 2 aromatic rings. The predicted octanol–water partition coefficient (Wildman–Crippen LogP) is 3.64. The van der Waals surface area contributed by atoms with E-state index in [1.807, 2.05) is 18.2 Å². The molecule has 22 heavy (non-hydrogen) atoms. The van der Waals surface area contributed by atoms with Crippen LogP contribution in [0.25, 0.3) is 0 Å². The van der Waals surface area contributed by atoms with Crippen LogP contribution in [0.4, 0.5) is 5.69 Å². The van der Waals surface area contributed by atoms with E-state index in [-0.39, 0.29) is 17.9 Å². The number of halogens is 1. The minimum Gasteiger partial charge on any atom is -0.398 e. The highest BCUT2D eigenvalue weighted by atomic mass is 35.5. The van der Waals surface area contributed by atoms with E-state index in [4.69, 9.17) is 17.3 Å². The molecular formula is C18H17ClN2O. The quantitative estimate of drug-likeness (QED) is 0.790. The number of nitrogens with two attached hydrogens (primary N) is 1. The molecule has 1 aliphatic heterocycles. The van der Waals surface area contributed by atoms with E-state index in [9.17, 15) is 4.79 Å². The van der Waals surface area contributed by atoms with Crippen LogP contribution in [-0.4, -0.2) is 5.91 Å². The van der Waals surface area contributed by atoms with Gasteiger partial charge in [-0.3, -0.25) is 4.79 Å². The predicted molar refractivity (Wildman–Crippen MR) is 87.8 cm³/mol. The molecule has 0 saturated carbocycles. The first-order valence-corrected chi connectivity index (χ1v) is 7.96. The molecule has 1 amide bonds. The standard InChI is InChI=1S/C18H17ClN2O/c19-14-9-10(5-7-15(14)20)17-11-3-1-2-4-12(11)18-13(17)6-8-16(22)21-18/h1-5,7,9,13,17-18H,6,8,20H2,(H,21,22). The van der Waals surface area contributed by atoms with Crippen LogP contribution in [-0.2, 0) is 4.79 Å². The highest BCUT2D eigenvalue weighted by Crippen LogP contribution is 2.52. The van der Waals surface area contributed by atoms with Gasteiger partial charge in [-0.15, -0.1) is 0 Å². The number of hydrogen-bond donors (Lipinski definition) is 2. The Balaban J connectivity index is 1.84. The molecule has 2 aromatic carbocycles. The lowest BCUT2D eigenvalue weighted by atomic mass is 9.80. The van der Waals surface area contributed by atoms with Gasteiger partial charge in [0.15, 0.2) is 0 Å². The van der Waals surface area contributed by atoms with E-state index in [1.54, 1.807) is 0 Å². The number of benzene rings is 2. The van der Waals surface area contributed by atoms with Gasteiger partial charge in [-0.1, -0.05) is 41.9 Å². The Bertz CT molecular complexity index is 759. The first kappa shape index (κ1) is 13.6. The zero-order valence-electron chi connectivity index (χ0n) is 12.1. The summed E-state index contributed by atoms with van der Waals surface area (Å²) in [5.74, 6) is 0.793. The Labute approximate surface area is 134 Å². The molecule has 4 rings (SSSR count). The summed E-state index contributed by atoms with van der Waals surface area (Å²) in [6.07, 6.45) is 1.49. The molecule has 0 spiro atoms. The van der Waals surface area contributed by atoms with Crippen LogP contribution in [0.15, 0.2) is 42.5 Å². The van der Waals surface area contributed by atoms with E-state index in [1.165, 1.54) is 16.7 Å². The average Bonchev–Trinajstić information content (AvgIpc) is 2.84. The number of nitrogens with one attached hydrogen (secondary N) is 1. The zero-order valence-corrected chi connectivity index (χ0v) is 12.8. The maximum Gasteiger partial charge on any atom is 0.220 e. The van der Waals surface area contributed by atoms with E-state index in [0.29, 0.717) is 23.0 Å². The molecule has 3 unspecified atom stereocenters. The van der Waals surface area contributed by atoms with Crippen LogP contribution in [0.3, 0.4) is 0 Å². The number of carbonyl (C=O) groups is 1. The van der Waals surface area contributed by atoms with E-state index in [2.05, 4.69) is 29.6 Å². The highest BCUT2D eigenvalue weighted by molar-refractivity contribution is 6.33. The summed E-state index contributed by atoms with van der Waals surface area (Å²) in [6, 6.07) is 14.4. The summed E-state index contributed by atoms with van der Waals surface area (Å²) in [5, 5.41) is 3.76. The zero-order chi connectivity index (χ0) is 15.3. The Hall–Kier alpha value is -2.00. The number of hydrogen-bond acceptors (Lipinski definition) is 2. The van der Waals surface area contributed by atoms with Crippen molar-refractivity contribution < 1.29 is 4.79 Å². The van der Waals surface area contributed by atoms with Gasteiger partial charge in [0.05, 0.1) is 16.8 Å². The normalized spacial score (nSPS) is 26.2. The molecule has 1 aliphatic carbocycles. The van der Waals surface area contributed by atoms with Crippen molar-refractivity contribution in [2.75, 3.05) is 5.73 Å². The lowest BCUT2D eigenvalue weighted by molar-refractivity contribution is -0.124. The Kier molecular flexibility index (Phi) is 3.12. The van der Waals surface area contributed by atoms with Gasteiger partial charge in [-0.25, -0.2) is 0 Å². The maximum absolute atomic E-state index is 11.8. The molecule has 112 valence electrons. The van der Waals surface area contributed by atoms with Crippen molar-refractivity contribution in [2.45, 2.75) is 24.8 Å². The number of piperidine rings is 1. The SMILES string of the molecule is Nc1ccc(C2c3ccccc3C3NC(=O)CCC32)cc1Cl. The number of rotatable bonds is 1. The fourth-order valence-electron chi connectivity index (χ4n) is 3.96. The number of anilines is 1. The summed E-state index contributed by atoms with van der Waals surface area (Å²) in [6.45, 7) is 0. The minimum absolute atomic E-state index is 0.110. The summed E-state index contributed by atoms with van der Waals surface area (Å²) < 4.78 is 0. The van der Waals surface area contributed by atoms with Crippen molar-refractivity contribution in [3.05, 3.63) is 64.2 Å². The first-order valence-electron chi connectivity index (χ1n) is 7.58. The second kappa shape index (κ2) is 5.03. The lowest BCUT2D eigenvalue weighted by Crippen LogP contribution is -2.37. The third kappa shape index (κ3) is 2.00. The monoisotopic (exact) mass is 312 g/mol. The van der Waals surface area contributed by atoms with Gasteiger partial charge in [0.2, 0.25) is 5.91 Å². The number of nitrogen functional groups attached to an aromatic ring is 1. The van der Waals surface area contributed by atoms with Crippen molar-refractivity contribution in [2.24, 2.45) is 5.92 Å². The van der Waals surface area contributed by atoms with Crippen LogP contribution >= 0.6 is 11.6 Å². The van der Waals surface area contributed by atoms with E-state index >= 15 is 0 Å². The molecule has 3 atom stereocenters. The largest absolute Gasteiger partial charge is 0.398 e. The molecular weight excluding hydrogens is 296 g/mol. The van der Waals surface area contributed by atoms with Gasteiger partial charge >= 0.3 is 0 Å². The Morgan fingerprint density at radius 2 is 1.91 bits per heavy atom. The van der Waals surface area contributed by atoms with Crippen LogP contribution in [0.5, 0.6) is 0 Å². The molecule has 1 saturated heterocycles. The molecule has 1 fully saturated rings. The lowest BCUT2D eigenvalue weighted by Gasteiger charge is -2.30. The highest BCUT2D eigenvalue weighted by Gasteiger charge is 2.44. The fraction of sp³-hybridized carbons (Fsp3) is 0.278. The number of amides is 1. The van der Waals surface area contributed by atoms with Crippen LogP contribution in [0, 0.1) is 5.92 Å². The van der Waals surface area contributed by atoms with Crippen molar-refractivity contribution in [1.82, 2.24) is 5.32 Å². The second-order valence-electron chi connectivity index (χ2n) is 6.14. The smallest absolute Gasteiger partial charge is 0.220 e.